The number of nitrogens with zero attached hydrogens (tertiary/aromatic N) is 3. The Hall–Kier alpha value is -1.22. The van der Waals surface area contributed by atoms with Crippen LogP contribution in [-0.4, -0.2) is 22.2 Å². The highest BCUT2D eigenvalue weighted by Gasteiger charge is 2.34. The topological polar surface area (TPSA) is 50.7 Å². The zero-order chi connectivity index (χ0) is 11.8. The molecule has 0 aliphatic heterocycles. The number of hydrogen-bond acceptors (Lipinski definition) is 6. The van der Waals surface area contributed by atoms with Gasteiger partial charge < -0.3 is 5.32 Å². The minimum absolute atomic E-state index is 0.367. The number of aromatic nitrogens is 3. The lowest BCUT2D eigenvalue weighted by molar-refractivity contribution is -0.137. The van der Waals surface area contributed by atoms with Gasteiger partial charge in [0.05, 0.1) is 4.88 Å². The summed E-state index contributed by atoms with van der Waals surface area (Å²) in [4.78, 5) is 3.68. The van der Waals surface area contributed by atoms with Crippen LogP contribution in [0.4, 0.5) is 18.3 Å². The highest BCUT2D eigenvalue weighted by Crippen LogP contribution is 2.37. The summed E-state index contributed by atoms with van der Waals surface area (Å²) in [5, 5.41) is 10.4. The van der Waals surface area contributed by atoms with Crippen molar-refractivity contribution >= 4 is 27.8 Å². The van der Waals surface area contributed by atoms with E-state index < -0.39 is 11.2 Å². The predicted molar refractivity (Wildman–Crippen MR) is 55.6 cm³/mol. The summed E-state index contributed by atoms with van der Waals surface area (Å²) in [7, 11) is 1.66. The Morgan fingerprint density at radius 2 is 2.00 bits per heavy atom. The molecule has 9 heteroatoms. The lowest BCUT2D eigenvalue weighted by Gasteiger charge is -1.98. The van der Waals surface area contributed by atoms with Crippen LogP contribution in [0.25, 0.3) is 9.88 Å². The van der Waals surface area contributed by atoms with Crippen molar-refractivity contribution in [2.24, 2.45) is 0 Å². The third-order valence-electron chi connectivity index (χ3n) is 1.60. The molecule has 2 aromatic rings. The average molecular weight is 266 g/mol. The van der Waals surface area contributed by atoms with Gasteiger partial charge in [0.25, 0.3) is 0 Å². The molecule has 0 unspecified atom stereocenters. The van der Waals surface area contributed by atoms with Crippen molar-refractivity contribution in [3.8, 4) is 9.88 Å². The molecule has 0 fully saturated rings. The van der Waals surface area contributed by atoms with E-state index in [1.54, 1.807) is 7.05 Å². The Kier molecular flexibility index (Phi) is 2.80. The Morgan fingerprint density at radius 1 is 1.25 bits per heavy atom. The molecule has 1 N–H and O–H groups in total. The van der Waals surface area contributed by atoms with Crippen molar-refractivity contribution < 1.29 is 13.2 Å². The summed E-state index contributed by atoms with van der Waals surface area (Å²) in [6.07, 6.45) is -3.24. The summed E-state index contributed by atoms with van der Waals surface area (Å²) >= 11 is 1.74. The van der Waals surface area contributed by atoms with Gasteiger partial charge in [-0.05, 0) is 0 Å². The van der Waals surface area contributed by atoms with Gasteiger partial charge in [-0.15, -0.1) is 21.5 Å². The van der Waals surface area contributed by atoms with Crippen molar-refractivity contribution in [2.75, 3.05) is 12.4 Å². The molecule has 0 amide bonds. The van der Waals surface area contributed by atoms with Gasteiger partial charge in [0.15, 0.2) is 10.0 Å². The highest BCUT2D eigenvalue weighted by atomic mass is 32.1. The molecule has 0 atom stereocenters. The molecular weight excluding hydrogens is 261 g/mol. The van der Waals surface area contributed by atoms with Crippen molar-refractivity contribution in [2.45, 2.75) is 6.18 Å². The van der Waals surface area contributed by atoms with E-state index in [1.807, 2.05) is 0 Å². The summed E-state index contributed by atoms with van der Waals surface area (Å²) in [6, 6.07) is 0. The molecule has 0 bridgehead atoms. The van der Waals surface area contributed by atoms with E-state index in [1.165, 1.54) is 11.3 Å². The Morgan fingerprint density at radius 3 is 2.50 bits per heavy atom. The molecule has 2 rings (SSSR count). The van der Waals surface area contributed by atoms with E-state index in [0.29, 0.717) is 26.4 Å². The van der Waals surface area contributed by atoms with Gasteiger partial charge in [-0.2, -0.15) is 13.2 Å². The van der Waals surface area contributed by atoms with Gasteiger partial charge in [-0.1, -0.05) is 11.3 Å². The second-order valence-electron chi connectivity index (χ2n) is 2.69. The first-order valence-corrected chi connectivity index (χ1v) is 5.68. The maximum absolute atomic E-state index is 12.3. The fourth-order valence-corrected chi connectivity index (χ4v) is 2.44. The van der Waals surface area contributed by atoms with Crippen LogP contribution in [0.15, 0.2) is 6.20 Å². The summed E-state index contributed by atoms with van der Waals surface area (Å²) in [5.41, 5.74) is 0. The monoisotopic (exact) mass is 266 g/mol. The third-order valence-corrected chi connectivity index (χ3v) is 3.75. The highest BCUT2D eigenvalue weighted by molar-refractivity contribution is 7.23. The van der Waals surface area contributed by atoms with Gasteiger partial charge in [-0.25, -0.2) is 4.98 Å². The second kappa shape index (κ2) is 3.98. The molecular formula is C7H5F3N4S2. The average Bonchev–Trinajstić information content (AvgIpc) is 2.85. The molecule has 0 aliphatic carbocycles. The van der Waals surface area contributed by atoms with E-state index >= 15 is 0 Å². The molecule has 4 nitrogen and oxygen atoms in total. The van der Waals surface area contributed by atoms with Gasteiger partial charge >= 0.3 is 6.18 Å². The molecule has 2 aromatic heterocycles. The predicted octanol–water partition coefficient (Wildman–Crippen LogP) is 2.72. The zero-order valence-corrected chi connectivity index (χ0v) is 9.50. The van der Waals surface area contributed by atoms with Gasteiger partial charge in [0.1, 0.15) is 0 Å². The van der Waals surface area contributed by atoms with Crippen LogP contribution in [0, 0.1) is 0 Å². The number of nitrogens with one attached hydrogen (secondary N) is 1. The van der Waals surface area contributed by atoms with Crippen LogP contribution in [0.1, 0.15) is 5.01 Å². The Balaban J connectivity index is 2.31. The van der Waals surface area contributed by atoms with Crippen LogP contribution in [0.2, 0.25) is 0 Å². The molecule has 0 saturated carbocycles. The fraction of sp³-hybridized carbons (Fsp3) is 0.286. The maximum Gasteiger partial charge on any atom is 0.443 e. The first-order valence-electron chi connectivity index (χ1n) is 4.05. The van der Waals surface area contributed by atoms with E-state index in [4.69, 9.17) is 0 Å². The van der Waals surface area contributed by atoms with Gasteiger partial charge in [0.2, 0.25) is 5.13 Å². The maximum atomic E-state index is 12.3. The second-order valence-corrected chi connectivity index (χ2v) is 4.70. The van der Waals surface area contributed by atoms with Gasteiger partial charge in [-0.3, -0.25) is 0 Å². The lowest BCUT2D eigenvalue weighted by atomic mass is 10.6. The van der Waals surface area contributed by atoms with Crippen LogP contribution < -0.4 is 5.32 Å². The number of thiazole rings is 1. The van der Waals surface area contributed by atoms with Crippen molar-refractivity contribution in [1.82, 2.24) is 15.2 Å². The first-order chi connectivity index (χ1) is 7.50. The molecule has 0 radical (unpaired) electrons. The fourth-order valence-electron chi connectivity index (χ4n) is 0.928. The van der Waals surface area contributed by atoms with E-state index in [2.05, 4.69) is 20.5 Å². The quantitative estimate of drug-likeness (QED) is 0.908. The first kappa shape index (κ1) is 11.3. The normalized spacial score (nSPS) is 11.8. The smallest absolute Gasteiger partial charge is 0.363 e. The molecule has 0 aromatic carbocycles. The molecule has 0 saturated heterocycles. The van der Waals surface area contributed by atoms with Crippen LogP contribution in [0.5, 0.6) is 0 Å². The molecule has 16 heavy (non-hydrogen) atoms. The molecule has 0 spiro atoms. The third kappa shape index (κ3) is 2.14. The SMILES string of the molecule is CNc1nnc(-c2cnc(C(F)(F)F)s2)s1. The molecule has 2 heterocycles. The number of anilines is 1. The van der Waals surface area contributed by atoms with Gasteiger partial charge in [0, 0.05) is 13.2 Å². The summed E-state index contributed by atoms with van der Waals surface area (Å²) < 4.78 is 36.9. The Bertz CT molecular complexity index is 490. The number of hydrogen-bond donors (Lipinski definition) is 1. The van der Waals surface area contributed by atoms with Crippen molar-refractivity contribution in [3.05, 3.63) is 11.2 Å². The Labute approximate surface area is 96.2 Å². The largest absolute Gasteiger partial charge is 0.443 e. The molecule has 86 valence electrons. The van der Waals surface area contributed by atoms with E-state index in [-0.39, 0.29) is 0 Å². The lowest BCUT2D eigenvalue weighted by Crippen LogP contribution is -2.02. The molecule has 0 aliphatic rings. The van der Waals surface area contributed by atoms with E-state index in [0.717, 1.165) is 6.20 Å². The minimum Gasteiger partial charge on any atom is -0.363 e. The summed E-state index contributed by atoms with van der Waals surface area (Å²) in [6.45, 7) is 0. The van der Waals surface area contributed by atoms with Crippen molar-refractivity contribution in [1.29, 1.82) is 0 Å². The van der Waals surface area contributed by atoms with E-state index in [9.17, 15) is 13.2 Å². The van der Waals surface area contributed by atoms with Crippen molar-refractivity contribution in [3.63, 3.8) is 0 Å². The zero-order valence-electron chi connectivity index (χ0n) is 7.87. The van der Waals surface area contributed by atoms with Crippen LogP contribution >= 0.6 is 22.7 Å². The van der Waals surface area contributed by atoms with Crippen LogP contribution in [0.3, 0.4) is 0 Å². The standard InChI is InChI=1S/C7H5F3N4S2/c1-11-6-14-13-4(16-6)3-2-12-5(15-3)7(8,9)10/h2H,1H3,(H,11,14). The number of halogens is 3. The summed E-state index contributed by atoms with van der Waals surface area (Å²) in [5.74, 6) is 0. The number of rotatable bonds is 2. The number of alkyl halides is 3. The van der Waals surface area contributed by atoms with Crippen LogP contribution in [-0.2, 0) is 6.18 Å². The minimum atomic E-state index is -4.40.